The van der Waals surface area contributed by atoms with Gasteiger partial charge in [0.25, 0.3) is 0 Å². The van der Waals surface area contributed by atoms with Crippen LogP contribution in [0.1, 0.15) is 11.1 Å². The molecule has 3 rings (SSSR count). The molecule has 1 aliphatic carbocycles. The zero-order chi connectivity index (χ0) is 10.1. The molecule has 0 bridgehead atoms. The van der Waals surface area contributed by atoms with Crippen LogP contribution < -0.4 is 0 Å². The van der Waals surface area contributed by atoms with Crippen LogP contribution in [0.4, 0.5) is 0 Å². The highest BCUT2D eigenvalue weighted by atomic mass is 15.1. The van der Waals surface area contributed by atoms with Crippen molar-refractivity contribution in [3.8, 4) is 11.3 Å². The summed E-state index contributed by atoms with van der Waals surface area (Å²) >= 11 is 0. The summed E-state index contributed by atoms with van der Waals surface area (Å²) in [5, 5.41) is 8.01. The van der Waals surface area contributed by atoms with Crippen molar-refractivity contribution in [2.24, 2.45) is 0 Å². The third-order valence-electron chi connectivity index (χ3n) is 2.60. The molecule has 0 N–H and O–H groups in total. The quantitative estimate of drug-likeness (QED) is 0.642. The normalized spacial score (nSPS) is 12.8. The predicted molar refractivity (Wildman–Crippen MR) is 59.0 cm³/mol. The summed E-state index contributed by atoms with van der Waals surface area (Å²) in [7, 11) is 0. The number of hydrogen-bond acceptors (Lipinski definition) is 2. The third kappa shape index (κ3) is 1.34. The second-order valence-corrected chi connectivity index (χ2v) is 3.54. The van der Waals surface area contributed by atoms with Crippen LogP contribution in [0.15, 0.2) is 36.4 Å². The molecule has 1 heterocycles. The maximum atomic E-state index is 4.18. The summed E-state index contributed by atoms with van der Waals surface area (Å²) < 4.78 is 0. The molecule has 2 aromatic rings. The van der Waals surface area contributed by atoms with Crippen molar-refractivity contribution < 1.29 is 0 Å². The van der Waals surface area contributed by atoms with Crippen molar-refractivity contribution in [3.05, 3.63) is 53.7 Å². The van der Waals surface area contributed by atoms with E-state index in [9.17, 15) is 0 Å². The molecule has 0 aliphatic heterocycles. The number of hydrogen-bond donors (Lipinski definition) is 0. The Morgan fingerprint density at radius 2 is 2.13 bits per heavy atom. The number of benzene rings is 1. The van der Waals surface area contributed by atoms with Crippen molar-refractivity contribution >= 4 is 6.08 Å². The Hall–Kier alpha value is -1.96. The molecule has 0 unspecified atom stereocenters. The summed E-state index contributed by atoms with van der Waals surface area (Å²) in [5.41, 5.74) is 4.53. The van der Waals surface area contributed by atoms with Gasteiger partial charge in [-0.3, -0.25) is 0 Å². The van der Waals surface area contributed by atoms with Gasteiger partial charge in [-0.1, -0.05) is 36.4 Å². The van der Waals surface area contributed by atoms with E-state index in [1.807, 2.05) is 18.2 Å². The van der Waals surface area contributed by atoms with E-state index in [2.05, 4.69) is 40.7 Å². The van der Waals surface area contributed by atoms with Crippen LogP contribution in [0.2, 0.25) is 0 Å². The van der Waals surface area contributed by atoms with Gasteiger partial charge in [0.05, 0.1) is 5.69 Å². The molecule has 2 heteroatoms. The van der Waals surface area contributed by atoms with E-state index in [1.54, 1.807) is 0 Å². The summed E-state index contributed by atoms with van der Waals surface area (Å²) in [6.45, 7) is 0. The fraction of sp³-hybridized carbons (Fsp3) is 0.0769. The Morgan fingerprint density at radius 3 is 3.13 bits per heavy atom. The van der Waals surface area contributed by atoms with Crippen LogP contribution in [0.5, 0.6) is 0 Å². The molecule has 1 aliphatic rings. The number of fused-ring (bicyclic) bond motifs is 3. The van der Waals surface area contributed by atoms with E-state index < -0.39 is 0 Å². The van der Waals surface area contributed by atoms with E-state index in [4.69, 9.17) is 0 Å². The lowest BCUT2D eigenvalue weighted by Gasteiger charge is -2.05. The van der Waals surface area contributed by atoms with Crippen molar-refractivity contribution in [3.63, 3.8) is 0 Å². The minimum absolute atomic E-state index is 0.899. The highest BCUT2D eigenvalue weighted by molar-refractivity contribution is 5.76. The number of nitrogens with zero attached hydrogens (tertiary/aromatic N) is 2. The maximum Gasteiger partial charge on any atom is 0.114 e. The second-order valence-electron chi connectivity index (χ2n) is 3.54. The first-order valence-corrected chi connectivity index (χ1v) is 4.94. The first-order chi connectivity index (χ1) is 7.45. The SMILES string of the molecule is [c]1cc2c(nn1)-c1ccccc1C=CC2. The monoisotopic (exact) mass is 193 g/mol. The van der Waals surface area contributed by atoms with Crippen molar-refractivity contribution in [2.75, 3.05) is 0 Å². The number of aromatic nitrogens is 2. The van der Waals surface area contributed by atoms with Gasteiger partial charge in [0.15, 0.2) is 0 Å². The van der Waals surface area contributed by atoms with Gasteiger partial charge in [-0.05, 0) is 23.6 Å². The fourth-order valence-electron chi connectivity index (χ4n) is 1.87. The van der Waals surface area contributed by atoms with Gasteiger partial charge in [0.1, 0.15) is 6.20 Å². The largest absolute Gasteiger partial charge is 0.150 e. The van der Waals surface area contributed by atoms with Gasteiger partial charge >= 0.3 is 0 Å². The van der Waals surface area contributed by atoms with Crippen molar-refractivity contribution in [1.29, 1.82) is 0 Å². The molecule has 2 nitrogen and oxygen atoms in total. The van der Waals surface area contributed by atoms with Gasteiger partial charge in [0.2, 0.25) is 0 Å². The molecule has 0 saturated heterocycles. The molecule has 1 aromatic carbocycles. The standard InChI is InChI=1S/C13H9N2/c1-2-7-12-10(4-1)5-3-6-11-8-9-14-15-13(11)12/h1-5,7-8H,6H2. The minimum atomic E-state index is 0.899. The topological polar surface area (TPSA) is 25.8 Å². The summed E-state index contributed by atoms with van der Waals surface area (Å²) in [6, 6.07) is 10.2. The molecule has 71 valence electrons. The van der Waals surface area contributed by atoms with Gasteiger partial charge in [-0.25, -0.2) is 0 Å². The molecule has 15 heavy (non-hydrogen) atoms. The summed E-state index contributed by atoms with van der Waals surface area (Å²) in [4.78, 5) is 0. The number of rotatable bonds is 0. The average Bonchev–Trinajstić information content (AvgIpc) is 2.48. The van der Waals surface area contributed by atoms with Crippen molar-refractivity contribution in [1.82, 2.24) is 10.2 Å². The Labute approximate surface area is 88.3 Å². The summed E-state index contributed by atoms with van der Waals surface area (Å²) in [6.07, 6.45) is 7.97. The molecule has 1 aromatic heterocycles. The van der Waals surface area contributed by atoms with Gasteiger partial charge in [-0.15, -0.1) is 10.2 Å². The second kappa shape index (κ2) is 3.31. The van der Waals surface area contributed by atoms with Crippen LogP contribution in [0.25, 0.3) is 17.3 Å². The van der Waals surface area contributed by atoms with Crippen LogP contribution in [0.3, 0.4) is 0 Å². The fourth-order valence-corrected chi connectivity index (χ4v) is 1.87. The van der Waals surface area contributed by atoms with E-state index in [0.717, 1.165) is 17.7 Å². The Balaban J connectivity index is 2.33. The lowest BCUT2D eigenvalue weighted by molar-refractivity contribution is 1.00. The molecule has 0 atom stereocenters. The zero-order valence-electron chi connectivity index (χ0n) is 8.14. The van der Waals surface area contributed by atoms with Crippen LogP contribution in [-0.4, -0.2) is 10.2 Å². The molecular weight excluding hydrogens is 184 g/mol. The third-order valence-corrected chi connectivity index (χ3v) is 2.60. The molecule has 1 radical (unpaired) electrons. The van der Waals surface area contributed by atoms with Crippen LogP contribution >= 0.6 is 0 Å². The predicted octanol–water partition coefficient (Wildman–Crippen LogP) is 2.51. The Morgan fingerprint density at radius 1 is 1.20 bits per heavy atom. The van der Waals surface area contributed by atoms with Crippen LogP contribution in [-0.2, 0) is 6.42 Å². The van der Waals surface area contributed by atoms with Gasteiger partial charge in [-0.2, -0.15) is 0 Å². The smallest absolute Gasteiger partial charge is 0.114 e. The lowest BCUT2D eigenvalue weighted by atomic mass is 10.0. The van der Waals surface area contributed by atoms with Crippen LogP contribution in [0, 0.1) is 6.20 Å². The van der Waals surface area contributed by atoms with E-state index in [1.165, 1.54) is 11.1 Å². The van der Waals surface area contributed by atoms with Gasteiger partial charge in [0, 0.05) is 5.56 Å². The molecule has 0 fully saturated rings. The highest BCUT2D eigenvalue weighted by Crippen LogP contribution is 2.28. The van der Waals surface area contributed by atoms with E-state index in [-0.39, 0.29) is 0 Å². The highest BCUT2D eigenvalue weighted by Gasteiger charge is 2.11. The van der Waals surface area contributed by atoms with Crippen molar-refractivity contribution in [2.45, 2.75) is 6.42 Å². The average molecular weight is 193 g/mol. The van der Waals surface area contributed by atoms with Gasteiger partial charge < -0.3 is 0 Å². The Kier molecular flexibility index (Phi) is 1.85. The zero-order valence-corrected chi connectivity index (χ0v) is 8.14. The first kappa shape index (κ1) is 8.36. The molecular formula is C13H9N2. The maximum absolute atomic E-state index is 4.18. The van der Waals surface area contributed by atoms with E-state index in [0.29, 0.717) is 0 Å². The molecule has 0 spiro atoms. The first-order valence-electron chi connectivity index (χ1n) is 4.94. The Bertz CT molecular complexity index is 530. The lowest BCUT2D eigenvalue weighted by Crippen LogP contribution is -1.93. The molecule has 0 amide bonds. The number of allylic oxidation sites excluding steroid dienone is 1. The summed E-state index contributed by atoms with van der Waals surface area (Å²) in [5.74, 6) is 0. The van der Waals surface area contributed by atoms with E-state index >= 15 is 0 Å². The minimum Gasteiger partial charge on any atom is -0.150 e. The molecule has 0 saturated carbocycles.